The third-order valence-corrected chi connectivity index (χ3v) is 6.74. The number of hydrogen-bond acceptors (Lipinski definition) is 3. The summed E-state index contributed by atoms with van der Waals surface area (Å²) >= 11 is 0. The minimum Gasteiger partial charge on any atom is -0.494 e. The molecule has 0 aromatic heterocycles. The summed E-state index contributed by atoms with van der Waals surface area (Å²) in [5.41, 5.74) is 0.793. The van der Waals surface area contributed by atoms with Gasteiger partial charge in [0.05, 0.1) is 6.10 Å². The molecule has 0 radical (unpaired) electrons. The smallest absolute Gasteiger partial charge is 0.163 e. The van der Waals surface area contributed by atoms with Gasteiger partial charge < -0.3 is 4.74 Å². The minimum atomic E-state index is -0.0858. The van der Waals surface area contributed by atoms with Crippen LogP contribution < -0.4 is 0 Å². The Morgan fingerprint density at radius 3 is 2.38 bits per heavy atom. The molecular weight excluding hydrogens is 324 g/mol. The van der Waals surface area contributed by atoms with Crippen LogP contribution in [0.3, 0.4) is 0 Å². The van der Waals surface area contributed by atoms with Crippen molar-refractivity contribution in [3.05, 3.63) is 11.3 Å². The van der Waals surface area contributed by atoms with Crippen LogP contribution in [0.25, 0.3) is 0 Å². The SMILES string of the molecule is CCC(C(=O)CC(C)(C)CC)C1C2=C(CC(C)(C)CC2=O)OC(C)C1C. The molecule has 26 heavy (non-hydrogen) atoms. The zero-order valence-corrected chi connectivity index (χ0v) is 18.1. The first kappa shape index (κ1) is 21.2. The Morgan fingerprint density at radius 1 is 1.23 bits per heavy atom. The Balaban J connectivity index is 2.42. The molecule has 148 valence electrons. The summed E-state index contributed by atoms with van der Waals surface area (Å²) in [6.07, 6.45) is 3.75. The van der Waals surface area contributed by atoms with Crippen LogP contribution >= 0.6 is 0 Å². The average Bonchev–Trinajstić information content (AvgIpc) is 2.50. The van der Waals surface area contributed by atoms with E-state index in [1.165, 1.54) is 0 Å². The van der Waals surface area contributed by atoms with Crippen molar-refractivity contribution in [3.63, 3.8) is 0 Å². The van der Waals surface area contributed by atoms with Gasteiger partial charge in [0.25, 0.3) is 0 Å². The summed E-state index contributed by atoms with van der Waals surface area (Å²) in [6, 6.07) is 0. The first-order valence-electron chi connectivity index (χ1n) is 10.4. The van der Waals surface area contributed by atoms with Crippen LogP contribution in [0, 0.1) is 28.6 Å². The maximum absolute atomic E-state index is 13.2. The Labute approximate surface area is 160 Å². The van der Waals surface area contributed by atoms with Crippen molar-refractivity contribution in [1.82, 2.24) is 0 Å². The van der Waals surface area contributed by atoms with E-state index in [-0.39, 0.29) is 40.5 Å². The number of hydrogen-bond donors (Lipinski definition) is 0. The fraction of sp³-hybridized carbons (Fsp3) is 0.826. The number of rotatable bonds is 6. The van der Waals surface area contributed by atoms with Gasteiger partial charge in [0.1, 0.15) is 11.5 Å². The number of carbonyl (C=O) groups is 2. The van der Waals surface area contributed by atoms with Crippen molar-refractivity contribution in [2.24, 2.45) is 28.6 Å². The monoisotopic (exact) mass is 362 g/mol. The highest BCUT2D eigenvalue weighted by molar-refractivity contribution is 5.99. The molecule has 0 aromatic carbocycles. The average molecular weight is 363 g/mol. The Kier molecular flexibility index (Phi) is 6.09. The van der Waals surface area contributed by atoms with Gasteiger partial charge in [0.2, 0.25) is 0 Å². The summed E-state index contributed by atoms with van der Waals surface area (Å²) in [4.78, 5) is 26.3. The van der Waals surface area contributed by atoms with Gasteiger partial charge in [0, 0.05) is 42.6 Å². The first-order chi connectivity index (χ1) is 11.9. The molecule has 0 saturated heterocycles. The predicted molar refractivity (Wildman–Crippen MR) is 106 cm³/mol. The Bertz CT molecular complexity index is 597. The molecule has 0 N–H and O–H groups in total. The van der Waals surface area contributed by atoms with Gasteiger partial charge in [-0.1, -0.05) is 54.9 Å². The topological polar surface area (TPSA) is 43.4 Å². The lowest BCUT2D eigenvalue weighted by Gasteiger charge is -2.45. The lowest BCUT2D eigenvalue weighted by atomic mass is 9.63. The second-order valence-corrected chi connectivity index (χ2v) is 10.2. The van der Waals surface area contributed by atoms with Gasteiger partial charge in [-0.2, -0.15) is 0 Å². The summed E-state index contributed by atoms with van der Waals surface area (Å²) in [6.45, 7) is 17.0. The van der Waals surface area contributed by atoms with E-state index in [2.05, 4.69) is 55.4 Å². The van der Waals surface area contributed by atoms with Crippen molar-refractivity contribution < 1.29 is 14.3 Å². The molecule has 1 aliphatic heterocycles. The summed E-state index contributed by atoms with van der Waals surface area (Å²) in [7, 11) is 0. The van der Waals surface area contributed by atoms with E-state index < -0.39 is 0 Å². The summed E-state index contributed by atoms with van der Waals surface area (Å²) in [5, 5.41) is 0. The largest absolute Gasteiger partial charge is 0.494 e. The number of ether oxygens (including phenoxy) is 1. The quantitative estimate of drug-likeness (QED) is 0.607. The van der Waals surface area contributed by atoms with Gasteiger partial charge in [-0.15, -0.1) is 0 Å². The lowest BCUT2D eigenvalue weighted by Crippen LogP contribution is -2.45. The molecule has 4 atom stereocenters. The normalized spacial score (nSPS) is 29.8. The number of ketones is 2. The van der Waals surface area contributed by atoms with Gasteiger partial charge in [0.15, 0.2) is 5.78 Å². The van der Waals surface area contributed by atoms with Crippen LogP contribution in [-0.4, -0.2) is 17.7 Å². The maximum Gasteiger partial charge on any atom is 0.163 e. The van der Waals surface area contributed by atoms with Gasteiger partial charge >= 0.3 is 0 Å². The zero-order valence-electron chi connectivity index (χ0n) is 18.1. The van der Waals surface area contributed by atoms with Crippen LogP contribution in [0.2, 0.25) is 0 Å². The van der Waals surface area contributed by atoms with E-state index in [1.54, 1.807) is 0 Å². The highest BCUT2D eigenvalue weighted by Crippen LogP contribution is 2.49. The molecule has 4 unspecified atom stereocenters. The van der Waals surface area contributed by atoms with E-state index in [4.69, 9.17) is 4.74 Å². The number of carbonyl (C=O) groups excluding carboxylic acids is 2. The molecule has 1 aliphatic carbocycles. The fourth-order valence-corrected chi connectivity index (χ4v) is 4.62. The number of Topliss-reactive ketones (excluding diaryl/α,β-unsaturated/α-hetero) is 2. The van der Waals surface area contributed by atoms with Crippen molar-refractivity contribution in [3.8, 4) is 0 Å². The molecule has 3 heteroatoms. The van der Waals surface area contributed by atoms with Crippen LogP contribution in [0.15, 0.2) is 11.3 Å². The van der Waals surface area contributed by atoms with Crippen molar-refractivity contribution in [2.45, 2.75) is 93.6 Å². The molecule has 1 heterocycles. The third kappa shape index (κ3) is 4.23. The number of allylic oxidation sites excluding steroid dienone is 2. The van der Waals surface area contributed by atoms with Crippen LogP contribution in [0.1, 0.15) is 87.5 Å². The molecule has 0 saturated carbocycles. The van der Waals surface area contributed by atoms with Crippen LogP contribution in [-0.2, 0) is 14.3 Å². The first-order valence-corrected chi connectivity index (χ1v) is 10.4. The van der Waals surface area contributed by atoms with E-state index >= 15 is 0 Å². The lowest BCUT2D eigenvalue weighted by molar-refractivity contribution is -0.129. The second kappa shape index (κ2) is 7.48. The second-order valence-electron chi connectivity index (χ2n) is 10.2. The van der Waals surface area contributed by atoms with E-state index in [0.29, 0.717) is 18.6 Å². The van der Waals surface area contributed by atoms with Crippen LogP contribution in [0.4, 0.5) is 0 Å². The molecule has 0 bridgehead atoms. The van der Waals surface area contributed by atoms with E-state index in [0.717, 1.165) is 30.6 Å². The van der Waals surface area contributed by atoms with Crippen molar-refractivity contribution in [1.29, 1.82) is 0 Å². The molecule has 2 aliphatic rings. The minimum absolute atomic E-state index is 0.00232. The Morgan fingerprint density at radius 2 is 1.85 bits per heavy atom. The van der Waals surface area contributed by atoms with E-state index in [1.807, 2.05) is 0 Å². The standard InChI is InChI=1S/C23H38O3/c1-9-16(17(24)11-22(5,6)10-2)20-14(3)15(4)26-19-13-23(7,8)12-18(25)21(19)20/h14-16,20H,9-13H2,1-8H3. The van der Waals surface area contributed by atoms with Gasteiger partial charge in [-0.05, 0) is 24.2 Å². The highest BCUT2D eigenvalue weighted by Gasteiger charge is 2.47. The predicted octanol–water partition coefficient (Wildman–Crippen LogP) is 5.72. The summed E-state index contributed by atoms with van der Waals surface area (Å²) in [5.74, 6) is 1.47. The summed E-state index contributed by atoms with van der Waals surface area (Å²) < 4.78 is 6.18. The van der Waals surface area contributed by atoms with Crippen LogP contribution in [0.5, 0.6) is 0 Å². The van der Waals surface area contributed by atoms with Gasteiger partial charge in [-0.25, -0.2) is 0 Å². The third-order valence-electron chi connectivity index (χ3n) is 6.74. The molecule has 0 amide bonds. The molecular formula is C23H38O3. The van der Waals surface area contributed by atoms with Crippen molar-refractivity contribution >= 4 is 11.6 Å². The van der Waals surface area contributed by atoms with Gasteiger partial charge in [-0.3, -0.25) is 9.59 Å². The molecule has 0 fully saturated rings. The zero-order chi connectivity index (χ0) is 19.9. The van der Waals surface area contributed by atoms with Crippen molar-refractivity contribution in [2.75, 3.05) is 0 Å². The molecule has 0 aromatic rings. The fourth-order valence-electron chi connectivity index (χ4n) is 4.62. The molecule has 3 nitrogen and oxygen atoms in total. The van der Waals surface area contributed by atoms with E-state index in [9.17, 15) is 9.59 Å². The maximum atomic E-state index is 13.2. The highest BCUT2D eigenvalue weighted by atomic mass is 16.5. The Hall–Kier alpha value is -1.12. The molecule has 2 rings (SSSR count). The molecule has 0 spiro atoms.